The van der Waals surface area contributed by atoms with Crippen molar-refractivity contribution in [2.45, 2.75) is 56.9 Å². The van der Waals surface area contributed by atoms with Gasteiger partial charge < -0.3 is 4.74 Å². The summed E-state index contributed by atoms with van der Waals surface area (Å²) in [5.74, 6) is 1.06. The van der Waals surface area contributed by atoms with E-state index in [4.69, 9.17) is 12.6 Å². The van der Waals surface area contributed by atoms with Gasteiger partial charge in [0.1, 0.15) is 0 Å². The van der Waals surface area contributed by atoms with E-state index in [0.29, 0.717) is 17.8 Å². The third kappa shape index (κ3) is 2.04. The largest absolute Gasteiger partial charge is 0.377 e. The van der Waals surface area contributed by atoms with Gasteiger partial charge in [0.25, 0.3) is 0 Å². The molecule has 2 aliphatic rings. The van der Waals surface area contributed by atoms with Crippen molar-refractivity contribution in [3.05, 3.63) is 0 Å². The van der Waals surface area contributed by atoms with E-state index in [1.165, 1.54) is 25.7 Å². The predicted octanol–water partition coefficient (Wildman–Crippen LogP) is 2.24. The van der Waals surface area contributed by atoms with E-state index in [-0.39, 0.29) is 5.54 Å². The monoisotopic (exact) mass is 221 g/mol. The Morgan fingerprint density at radius 3 is 2.56 bits per heavy atom. The second-order valence-electron chi connectivity index (χ2n) is 5.83. The lowest BCUT2D eigenvalue weighted by atomic mass is 9.64. The summed E-state index contributed by atoms with van der Waals surface area (Å²) in [6, 6.07) is 0.655. The van der Waals surface area contributed by atoms with Gasteiger partial charge in [-0.3, -0.25) is 4.90 Å². The molecule has 0 aromatic carbocycles. The first-order chi connectivity index (χ1) is 7.58. The molecule has 1 saturated heterocycles. The molecular formula is C13H24BNO. The van der Waals surface area contributed by atoms with E-state index >= 15 is 0 Å². The van der Waals surface area contributed by atoms with E-state index in [1.807, 2.05) is 0 Å². The smallest absolute Gasteiger partial charge is 0.0704 e. The molecule has 3 unspecified atom stereocenters. The molecule has 90 valence electrons. The minimum absolute atomic E-state index is 0.259. The molecule has 16 heavy (non-hydrogen) atoms. The van der Waals surface area contributed by atoms with Gasteiger partial charge >= 0.3 is 0 Å². The molecule has 3 atom stereocenters. The lowest BCUT2D eigenvalue weighted by Gasteiger charge is -2.53. The summed E-state index contributed by atoms with van der Waals surface area (Å²) in [5, 5.41) is 0. The SMILES string of the molecule is [B]C1CCCC(N(C)C2(C)COC2)C1CC. The summed E-state index contributed by atoms with van der Waals surface area (Å²) in [6.07, 6.45) is 4.99. The van der Waals surface area contributed by atoms with Crippen molar-refractivity contribution in [3.8, 4) is 0 Å². The van der Waals surface area contributed by atoms with Crippen LogP contribution in [-0.4, -0.2) is 44.6 Å². The van der Waals surface area contributed by atoms with Crippen molar-refractivity contribution in [3.63, 3.8) is 0 Å². The van der Waals surface area contributed by atoms with E-state index in [2.05, 4.69) is 25.8 Å². The molecule has 0 aromatic heterocycles. The van der Waals surface area contributed by atoms with Crippen LogP contribution in [0.5, 0.6) is 0 Å². The fourth-order valence-electron chi connectivity index (χ4n) is 3.33. The second kappa shape index (κ2) is 4.69. The number of hydrogen-bond donors (Lipinski definition) is 0. The summed E-state index contributed by atoms with van der Waals surface area (Å²) < 4.78 is 5.37. The van der Waals surface area contributed by atoms with Crippen LogP contribution in [0.25, 0.3) is 0 Å². The Morgan fingerprint density at radius 1 is 1.38 bits per heavy atom. The van der Waals surface area contributed by atoms with Crippen molar-refractivity contribution in [1.82, 2.24) is 4.90 Å². The maximum atomic E-state index is 6.26. The van der Waals surface area contributed by atoms with Crippen LogP contribution in [0.2, 0.25) is 5.82 Å². The molecule has 0 aromatic rings. The molecule has 1 aliphatic carbocycles. The molecule has 1 aliphatic heterocycles. The van der Waals surface area contributed by atoms with Crippen molar-refractivity contribution < 1.29 is 4.74 Å². The summed E-state index contributed by atoms with van der Waals surface area (Å²) in [5.41, 5.74) is 0.259. The van der Waals surface area contributed by atoms with Gasteiger partial charge in [-0.05, 0) is 26.3 Å². The first kappa shape index (κ1) is 12.4. The molecule has 2 nitrogen and oxygen atoms in total. The van der Waals surface area contributed by atoms with Crippen LogP contribution in [0.1, 0.15) is 39.5 Å². The maximum absolute atomic E-state index is 6.26. The quantitative estimate of drug-likeness (QED) is 0.677. The van der Waals surface area contributed by atoms with Crippen LogP contribution in [0.3, 0.4) is 0 Å². The standard InChI is InChI=1S/C13H24BNO/c1-4-10-11(14)6-5-7-12(10)15(3)13(2)8-16-9-13/h10-12H,4-9H2,1-3H3. The molecular weight excluding hydrogens is 197 g/mol. The maximum Gasteiger partial charge on any atom is 0.0704 e. The highest BCUT2D eigenvalue weighted by atomic mass is 16.5. The average Bonchev–Trinajstić information content (AvgIpc) is 2.24. The molecule has 3 heteroatoms. The number of rotatable bonds is 3. The summed E-state index contributed by atoms with van der Waals surface area (Å²) >= 11 is 0. The van der Waals surface area contributed by atoms with Gasteiger partial charge in [-0.25, -0.2) is 0 Å². The normalized spacial score (nSPS) is 38.4. The molecule has 1 heterocycles. The third-order valence-corrected chi connectivity index (χ3v) is 4.73. The first-order valence-corrected chi connectivity index (χ1v) is 6.65. The van der Waals surface area contributed by atoms with Crippen molar-refractivity contribution in [2.24, 2.45) is 5.92 Å². The summed E-state index contributed by atoms with van der Waals surface area (Å²) in [4.78, 5) is 2.55. The Bertz CT molecular complexity index is 242. The first-order valence-electron chi connectivity index (χ1n) is 6.65. The highest BCUT2D eigenvalue weighted by molar-refractivity contribution is 6.11. The zero-order valence-corrected chi connectivity index (χ0v) is 10.9. The van der Waals surface area contributed by atoms with E-state index in [0.717, 1.165) is 13.2 Å². The van der Waals surface area contributed by atoms with Gasteiger partial charge in [0.15, 0.2) is 0 Å². The third-order valence-electron chi connectivity index (χ3n) is 4.73. The second-order valence-corrected chi connectivity index (χ2v) is 5.83. The van der Waals surface area contributed by atoms with Crippen molar-refractivity contribution >= 4 is 7.85 Å². The van der Waals surface area contributed by atoms with Gasteiger partial charge in [0.2, 0.25) is 0 Å². The topological polar surface area (TPSA) is 12.5 Å². The van der Waals surface area contributed by atoms with E-state index < -0.39 is 0 Å². The number of likely N-dealkylation sites (N-methyl/N-ethyl adjacent to an activating group) is 1. The highest BCUT2D eigenvalue weighted by Crippen LogP contribution is 2.40. The zero-order chi connectivity index (χ0) is 11.8. The van der Waals surface area contributed by atoms with Crippen molar-refractivity contribution in [1.29, 1.82) is 0 Å². The number of nitrogens with zero attached hydrogens (tertiary/aromatic N) is 1. The van der Waals surface area contributed by atoms with Gasteiger partial charge in [-0.15, -0.1) is 0 Å². The number of hydrogen-bond acceptors (Lipinski definition) is 2. The summed E-state index contributed by atoms with van der Waals surface area (Å²) in [6.45, 7) is 6.34. The molecule has 1 saturated carbocycles. The summed E-state index contributed by atoms with van der Waals surface area (Å²) in [7, 11) is 8.52. The molecule has 2 fully saturated rings. The van der Waals surface area contributed by atoms with Gasteiger partial charge in [-0.1, -0.05) is 32.0 Å². The highest BCUT2D eigenvalue weighted by Gasteiger charge is 2.43. The molecule has 0 amide bonds. The van der Waals surface area contributed by atoms with Crippen LogP contribution >= 0.6 is 0 Å². The fraction of sp³-hybridized carbons (Fsp3) is 1.00. The Balaban J connectivity index is 2.05. The Labute approximate surface area is 101 Å². The minimum Gasteiger partial charge on any atom is -0.377 e. The minimum atomic E-state index is 0.259. The van der Waals surface area contributed by atoms with Gasteiger partial charge in [0.05, 0.1) is 26.6 Å². The molecule has 0 spiro atoms. The Hall–Kier alpha value is -0.0151. The van der Waals surface area contributed by atoms with Crippen LogP contribution < -0.4 is 0 Å². The average molecular weight is 221 g/mol. The number of ether oxygens (including phenoxy) is 1. The lowest BCUT2D eigenvalue weighted by molar-refractivity contribution is -0.144. The molecule has 2 radical (unpaired) electrons. The van der Waals surface area contributed by atoms with Gasteiger partial charge in [0, 0.05) is 6.04 Å². The molecule has 0 N–H and O–H groups in total. The Kier molecular flexibility index (Phi) is 3.65. The molecule has 2 rings (SSSR count). The Morgan fingerprint density at radius 2 is 2.06 bits per heavy atom. The van der Waals surface area contributed by atoms with Crippen LogP contribution in [-0.2, 0) is 4.74 Å². The van der Waals surface area contributed by atoms with E-state index in [9.17, 15) is 0 Å². The zero-order valence-electron chi connectivity index (χ0n) is 10.9. The molecule has 0 bridgehead atoms. The van der Waals surface area contributed by atoms with Crippen LogP contribution in [0.15, 0.2) is 0 Å². The van der Waals surface area contributed by atoms with Crippen molar-refractivity contribution in [2.75, 3.05) is 20.3 Å². The predicted molar refractivity (Wildman–Crippen MR) is 67.9 cm³/mol. The van der Waals surface area contributed by atoms with Gasteiger partial charge in [-0.2, -0.15) is 0 Å². The van der Waals surface area contributed by atoms with Crippen LogP contribution in [0, 0.1) is 5.92 Å². The van der Waals surface area contributed by atoms with E-state index in [1.54, 1.807) is 0 Å². The lowest BCUT2D eigenvalue weighted by Crippen LogP contribution is -2.63. The fourth-order valence-corrected chi connectivity index (χ4v) is 3.33. The van der Waals surface area contributed by atoms with Crippen LogP contribution in [0.4, 0.5) is 0 Å².